The molecule has 3 aromatic rings. The van der Waals surface area contributed by atoms with Gasteiger partial charge in [-0.1, -0.05) is 54.1 Å². The zero-order chi connectivity index (χ0) is 23.0. The van der Waals surface area contributed by atoms with Crippen molar-refractivity contribution in [1.29, 1.82) is 0 Å². The zero-order valence-corrected chi connectivity index (χ0v) is 20.1. The van der Waals surface area contributed by atoms with Crippen molar-refractivity contribution in [3.8, 4) is 0 Å². The highest BCUT2D eigenvalue weighted by Gasteiger charge is 2.27. The molecule has 8 heteroatoms. The molecule has 0 saturated heterocycles. The first kappa shape index (κ1) is 24.2. The first-order valence-electron chi connectivity index (χ1n) is 10.1. The van der Waals surface area contributed by atoms with Gasteiger partial charge >= 0.3 is 0 Å². The van der Waals surface area contributed by atoms with Crippen molar-refractivity contribution in [2.24, 2.45) is 0 Å². The fraction of sp³-hybridized carbons (Fsp3) is 0.208. The highest BCUT2D eigenvalue weighted by molar-refractivity contribution is 7.98. The predicted octanol–water partition coefficient (Wildman–Crippen LogP) is 4.89. The van der Waals surface area contributed by atoms with E-state index >= 15 is 0 Å². The Hall–Kier alpha value is -2.48. The molecule has 0 aliphatic rings. The third-order valence-corrected chi connectivity index (χ3v) is 7.73. The number of carbonyl (C=O) groups excluding carboxylic acids is 1. The Morgan fingerprint density at radius 1 is 1.00 bits per heavy atom. The second kappa shape index (κ2) is 11.4. The van der Waals surface area contributed by atoms with E-state index in [-0.39, 0.29) is 17.3 Å². The van der Waals surface area contributed by atoms with Gasteiger partial charge in [0, 0.05) is 23.1 Å². The van der Waals surface area contributed by atoms with Gasteiger partial charge in [-0.2, -0.15) is 11.8 Å². The summed E-state index contributed by atoms with van der Waals surface area (Å²) in [6.07, 6.45) is 0. The molecule has 0 bridgehead atoms. The quantitative estimate of drug-likeness (QED) is 0.412. The van der Waals surface area contributed by atoms with Gasteiger partial charge < -0.3 is 5.32 Å². The first-order chi connectivity index (χ1) is 15.4. The van der Waals surface area contributed by atoms with Crippen LogP contribution in [0.5, 0.6) is 0 Å². The van der Waals surface area contributed by atoms with Crippen LogP contribution in [0, 0.1) is 6.92 Å². The van der Waals surface area contributed by atoms with Crippen molar-refractivity contribution >= 4 is 45.0 Å². The molecule has 3 aromatic carbocycles. The topological polar surface area (TPSA) is 66.5 Å². The van der Waals surface area contributed by atoms with Crippen molar-refractivity contribution in [3.63, 3.8) is 0 Å². The minimum atomic E-state index is -3.95. The number of anilines is 1. The summed E-state index contributed by atoms with van der Waals surface area (Å²) in [7, 11) is -3.95. The lowest BCUT2D eigenvalue weighted by Gasteiger charge is -2.24. The number of benzene rings is 3. The van der Waals surface area contributed by atoms with Crippen LogP contribution in [0.2, 0.25) is 5.02 Å². The van der Waals surface area contributed by atoms with Crippen LogP contribution in [0.15, 0.2) is 83.8 Å². The molecule has 0 saturated carbocycles. The summed E-state index contributed by atoms with van der Waals surface area (Å²) in [5.41, 5.74) is 2.56. The van der Waals surface area contributed by atoms with Crippen molar-refractivity contribution in [3.05, 3.63) is 95.0 Å². The summed E-state index contributed by atoms with van der Waals surface area (Å²) in [4.78, 5) is 12.7. The van der Waals surface area contributed by atoms with Crippen LogP contribution in [0.1, 0.15) is 11.1 Å². The molecule has 3 rings (SSSR count). The summed E-state index contributed by atoms with van der Waals surface area (Å²) in [5.74, 6) is 1.23. The number of rotatable bonds is 10. The SMILES string of the molecule is Cc1cccc(N(CC(=O)NCCSCc2ccccc2)S(=O)(=O)c2ccc(Cl)cc2)c1. The normalized spacial score (nSPS) is 11.2. The molecule has 32 heavy (non-hydrogen) atoms. The molecule has 0 aromatic heterocycles. The summed E-state index contributed by atoms with van der Waals surface area (Å²) in [6.45, 7) is 2.03. The number of halogens is 1. The predicted molar refractivity (Wildman–Crippen MR) is 133 cm³/mol. The molecule has 0 atom stereocenters. The van der Waals surface area contributed by atoms with Gasteiger partial charge in [0.2, 0.25) is 5.91 Å². The molecule has 0 unspecified atom stereocenters. The van der Waals surface area contributed by atoms with Crippen LogP contribution in [-0.2, 0) is 20.6 Å². The maximum Gasteiger partial charge on any atom is 0.264 e. The van der Waals surface area contributed by atoms with Crippen LogP contribution in [0.4, 0.5) is 5.69 Å². The van der Waals surface area contributed by atoms with E-state index in [0.717, 1.165) is 21.4 Å². The molecule has 1 N–H and O–H groups in total. The number of thioether (sulfide) groups is 1. The molecule has 0 heterocycles. The number of aryl methyl sites for hydroxylation is 1. The van der Waals surface area contributed by atoms with Gasteiger partial charge in [-0.3, -0.25) is 9.10 Å². The van der Waals surface area contributed by atoms with Crippen molar-refractivity contribution < 1.29 is 13.2 Å². The maximum absolute atomic E-state index is 13.3. The van der Waals surface area contributed by atoms with Crippen LogP contribution < -0.4 is 9.62 Å². The second-order valence-corrected chi connectivity index (χ2v) is 10.6. The highest BCUT2D eigenvalue weighted by Crippen LogP contribution is 2.25. The Morgan fingerprint density at radius 3 is 2.41 bits per heavy atom. The zero-order valence-electron chi connectivity index (χ0n) is 17.7. The lowest BCUT2D eigenvalue weighted by molar-refractivity contribution is -0.119. The molecule has 0 radical (unpaired) electrons. The Bertz CT molecular complexity index is 1140. The molecule has 0 spiro atoms. The fourth-order valence-electron chi connectivity index (χ4n) is 3.05. The number of nitrogens with one attached hydrogen (secondary N) is 1. The van der Waals surface area contributed by atoms with Gasteiger partial charge in [0.25, 0.3) is 10.0 Å². The maximum atomic E-state index is 13.3. The monoisotopic (exact) mass is 488 g/mol. The molecule has 168 valence electrons. The van der Waals surface area contributed by atoms with Crippen LogP contribution in [-0.4, -0.2) is 33.2 Å². The Kier molecular flexibility index (Phi) is 8.61. The largest absolute Gasteiger partial charge is 0.354 e. The van der Waals surface area contributed by atoms with Crippen molar-refractivity contribution in [1.82, 2.24) is 5.32 Å². The molecule has 0 fully saturated rings. The second-order valence-electron chi connectivity index (χ2n) is 7.19. The first-order valence-corrected chi connectivity index (χ1v) is 13.1. The Labute approximate surface area is 198 Å². The van der Waals surface area contributed by atoms with E-state index in [1.165, 1.54) is 29.8 Å². The van der Waals surface area contributed by atoms with Crippen LogP contribution in [0.25, 0.3) is 0 Å². The number of carbonyl (C=O) groups is 1. The van der Waals surface area contributed by atoms with E-state index in [2.05, 4.69) is 17.4 Å². The summed E-state index contributed by atoms with van der Waals surface area (Å²) < 4.78 is 27.8. The van der Waals surface area contributed by atoms with Gasteiger partial charge in [0.15, 0.2) is 0 Å². The van der Waals surface area contributed by atoms with Crippen LogP contribution in [0.3, 0.4) is 0 Å². The van der Waals surface area contributed by atoms with Gasteiger partial charge in [0.1, 0.15) is 6.54 Å². The number of amides is 1. The molecule has 0 aliphatic carbocycles. The standard InChI is InChI=1S/C24H25ClN2O3S2/c1-19-6-5-9-22(16-19)27(32(29,30)23-12-10-21(25)11-13-23)17-24(28)26-14-15-31-18-20-7-3-2-4-8-20/h2-13,16H,14-15,17-18H2,1H3,(H,26,28). The number of sulfonamides is 1. The number of hydrogen-bond donors (Lipinski definition) is 1. The van der Waals surface area contributed by atoms with Gasteiger partial charge in [-0.25, -0.2) is 8.42 Å². The van der Waals surface area contributed by atoms with E-state index in [4.69, 9.17) is 11.6 Å². The van der Waals surface area contributed by atoms with E-state index in [9.17, 15) is 13.2 Å². The van der Waals surface area contributed by atoms with Gasteiger partial charge in [0.05, 0.1) is 10.6 Å². The average molecular weight is 489 g/mol. The number of hydrogen-bond acceptors (Lipinski definition) is 4. The minimum Gasteiger partial charge on any atom is -0.354 e. The Balaban J connectivity index is 1.66. The van der Waals surface area contributed by atoms with Crippen molar-refractivity contribution in [2.75, 3.05) is 23.1 Å². The smallest absolute Gasteiger partial charge is 0.264 e. The third kappa shape index (κ3) is 6.76. The summed E-state index contributed by atoms with van der Waals surface area (Å²) >= 11 is 7.62. The van der Waals surface area contributed by atoms with Crippen molar-refractivity contribution in [2.45, 2.75) is 17.6 Å². The lowest BCUT2D eigenvalue weighted by Crippen LogP contribution is -2.41. The molecular formula is C24H25ClN2O3S2. The number of nitrogens with zero attached hydrogens (tertiary/aromatic N) is 1. The molecule has 5 nitrogen and oxygen atoms in total. The molecule has 1 amide bonds. The van der Waals surface area contributed by atoms with Crippen LogP contribution >= 0.6 is 23.4 Å². The van der Waals surface area contributed by atoms with Gasteiger partial charge in [-0.15, -0.1) is 0 Å². The lowest BCUT2D eigenvalue weighted by atomic mass is 10.2. The van der Waals surface area contributed by atoms with E-state index < -0.39 is 10.0 Å². The summed E-state index contributed by atoms with van der Waals surface area (Å²) in [6, 6.07) is 23.1. The fourth-order valence-corrected chi connectivity index (χ4v) is 5.40. The Morgan fingerprint density at radius 2 is 1.72 bits per heavy atom. The molecule has 0 aliphatic heterocycles. The average Bonchev–Trinajstić information content (AvgIpc) is 2.78. The van der Waals surface area contributed by atoms with Gasteiger partial charge in [-0.05, 0) is 54.4 Å². The third-order valence-electron chi connectivity index (χ3n) is 4.66. The highest BCUT2D eigenvalue weighted by atomic mass is 35.5. The van der Waals surface area contributed by atoms with E-state index in [1.807, 2.05) is 31.2 Å². The minimum absolute atomic E-state index is 0.0784. The molecular weight excluding hydrogens is 464 g/mol. The van der Waals surface area contributed by atoms with E-state index in [1.54, 1.807) is 30.0 Å². The van der Waals surface area contributed by atoms with E-state index in [0.29, 0.717) is 17.3 Å². The summed E-state index contributed by atoms with van der Waals surface area (Å²) in [5, 5.41) is 3.27.